The molecule has 0 bridgehead atoms. The van der Waals surface area contributed by atoms with Crippen LogP contribution in [0.2, 0.25) is 0 Å². The van der Waals surface area contributed by atoms with E-state index in [0.717, 1.165) is 34.5 Å². The van der Waals surface area contributed by atoms with Crippen molar-refractivity contribution < 1.29 is 14.3 Å². The predicted molar refractivity (Wildman–Crippen MR) is 130 cm³/mol. The van der Waals surface area contributed by atoms with E-state index in [2.05, 4.69) is 29.5 Å². The normalized spacial score (nSPS) is 23.2. The molecule has 2 aliphatic carbocycles. The van der Waals surface area contributed by atoms with E-state index < -0.39 is 5.60 Å². The molecule has 1 heterocycles. The molecule has 0 radical (unpaired) electrons. The zero-order valence-corrected chi connectivity index (χ0v) is 19.6. The van der Waals surface area contributed by atoms with Crippen molar-refractivity contribution in [2.24, 2.45) is 5.41 Å². The smallest absolute Gasteiger partial charge is 0.224 e. The number of likely N-dealkylation sites (N-methyl/N-ethyl adjacent to an activating group) is 1. The Balaban J connectivity index is 1.39. The topological polar surface area (TPSA) is 67.2 Å². The number of amides is 1. The molecule has 2 N–H and O–H groups in total. The summed E-state index contributed by atoms with van der Waals surface area (Å²) in [6.07, 6.45) is 8.00. The van der Waals surface area contributed by atoms with E-state index in [0.29, 0.717) is 32.1 Å². The summed E-state index contributed by atoms with van der Waals surface area (Å²) >= 11 is 0. The van der Waals surface area contributed by atoms with Crippen molar-refractivity contribution in [2.75, 3.05) is 7.05 Å². The number of nitrogens with one attached hydrogen (secondary N) is 1. The molecule has 6 heteroatoms. The summed E-state index contributed by atoms with van der Waals surface area (Å²) in [5.74, 6) is -0.282. The van der Waals surface area contributed by atoms with Crippen LogP contribution in [0.1, 0.15) is 48.6 Å². The van der Waals surface area contributed by atoms with Crippen molar-refractivity contribution in [3.8, 4) is 5.69 Å². The maximum absolute atomic E-state index is 13.4. The van der Waals surface area contributed by atoms with E-state index in [1.54, 1.807) is 19.2 Å². The number of carbonyl (C=O) groups excluding carboxylic acids is 1. The van der Waals surface area contributed by atoms with Gasteiger partial charge in [-0.15, -0.1) is 0 Å². The van der Waals surface area contributed by atoms with Gasteiger partial charge in [0.2, 0.25) is 5.91 Å². The quantitative estimate of drug-likeness (QED) is 0.574. The van der Waals surface area contributed by atoms with E-state index in [4.69, 9.17) is 0 Å². The van der Waals surface area contributed by atoms with E-state index in [1.807, 2.05) is 29.1 Å². The van der Waals surface area contributed by atoms with Gasteiger partial charge in [0.15, 0.2) is 0 Å². The van der Waals surface area contributed by atoms with Gasteiger partial charge in [0.25, 0.3) is 0 Å². The molecule has 1 amide bonds. The minimum atomic E-state index is -0.839. The number of carbonyl (C=O) groups is 1. The van der Waals surface area contributed by atoms with Crippen LogP contribution in [0.4, 0.5) is 4.39 Å². The van der Waals surface area contributed by atoms with Gasteiger partial charge in [0.1, 0.15) is 5.82 Å². The number of hydrogen-bond donors (Lipinski definition) is 2. The second-order valence-corrected chi connectivity index (χ2v) is 9.77. The van der Waals surface area contributed by atoms with Crippen molar-refractivity contribution >= 4 is 12.0 Å². The molecular formula is C28H30FN3O2. The summed E-state index contributed by atoms with van der Waals surface area (Å²) in [5, 5.41) is 19.2. The third-order valence-corrected chi connectivity index (χ3v) is 7.91. The first kappa shape index (κ1) is 22.5. The highest BCUT2D eigenvalue weighted by Gasteiger charge is 2.54. The summed E-state index contributed by atoms with van der Waals surface area (Å²) in [6, 6.07) is 14.3. The Morgan fingerprint density at radius 2 is 1.91 bits per heavy atom. The Hall–Kier alpha value is -3.25. The predicted octanol–water partition coefficient (Wildman–Crippen LogP) is 4.40. The van der Waals surface area contributed by atoms with E-state index >= 15 is 0 Å². The lowest BCUT2D eigenvalue weighted by Crippen LogP contribution is -2.45. The van der Waals surface area contributed by atoms with Crippen LogP contribution in [0, 0.1) is 11.2 Å². The molecule has 0 aliphatic heterocycles. The zero-order chi connectivity index (χ0) is 23.9. The van der Waals surface area contributed by atoms with Gasteiger partial charge in [-0.2, -0.15) is 5.10 Å². The molecule has 1 aromatic heterocycles. The standard InChI is InChI=1S/C28H30FN3O2/c1-27-17-21-18-31-32(24-9-7-23(29)8-10-24)25(21)16-22(27)12-14-28(27,34)13-11-19-5-3-4-6-20(19)15-26(33)30-2/h3-10,16,18,34H,11-15,17H2,1-2H3,(H,30,33)/t27?,28-/m1/s1. The number of nitrogens with zero attached hydrogens (tertiary/aromatic N) is 2. The number of hydrogen-bond acceptors (Lipinski definition) is 3. The van der Waals surface area contributed by atoms with Gasteiger partial charge in [0, 0.05) is 12.5 Å². The lowest BCUT2D eigenvalue weighted by molar-refractivity contribution is -0.119. The molecule has 0 spiro atoms. The molecular weight excluding hydrogens is 429 g/mol. The van der Waals surface area contributed by atoms with Crippen LogP contribution >= 0.6 is 0 Å². The maximum Gasteiger partial charge on any atom is 0.224 e. The molecule has 5 rings (SSSR count). The van der Waals surface area contributed by atoms with Gasteiger partial charge in [-0.3, -0.25) is 4.79 Å². The fourth-order valence-corrected chi connectivity index (χ4v) is 5.69. The molecule has 1 saturated carbocycles. The largest absolute Gasteiger partial charge is 0.389 e. The minimum absolute atomic E-state index is 0.0119. The van der Waals surface area contributed by atoms with Gasteiger partial charge in [0.05, 0.1) is 29.6 Å². The summed E-state index contributed by atoms with van der Waals surface area (Å²) in [4.78, 5) is 11.9. The average molecular weight is 460 g/mol. The molecule has 0 saturated heterocycles. The van der Waals surface area contributed by atoms with Crippen LogP contribution in [-0.4, -0.2) is 33.4 Å². The first-order valence-electron chi connectivity index (χ1n) is 11.9. The first-order chi connectivity index (χ1) is 16.3. The van der Waals surface area contributed by atoms with Gasteiger partial charge < -0.3 is 10.4 Å². The fourth-order valence-electron chi connectivity index (χ4n) is 5.69. The number of halogens is 1. The fraction of sp³-hybridized carbons (Fsp3) is 0.357. The van der Waals surface area contributed by atoms with Crippen molar-refractivity contribution in [1.29, 1.82) is 0 Å². The number of benzene rings is 2. The van der Waals surface area contributed by atoms with E-state index in [-0.39, 0.29) is 17.1 Å². The third kappa shape index (κ3) is 3.76. The van der Waals surface area contributed by atoms with E-state index in [9.17, 15) is 14.3 Å². The van der Waals surface area contributed by atoms with Crippen LogP contribution in [-0.2, 0) is 24.1 Å². The summed E-state index contributed by atoms with van der Waals surface area (Å²) in [6.45, 7) is 2.17. The van der Waals surface area contributed by atoms with Crippen LogP contribution in [0.15, 0.2) is 60.3 Å². The van der Waals surface area contributed by atoms with Crippen molar-refractivity contribution in [3.63, 3.8) is 0 Å². The Bertz CT molecular complexity index is 1260. The minimum Gasteiger partial charge on any atom is -0.389 e. The Morgan fingerprint density at radius 1 is 1.18 bits per heavy atom. The molecule has 2 atom stereocenters. The lowest BCUT2D eigenvalue weighted by Gasteiger charge is -2.42. The lowest BCUT2D eigenvalue weighted by atomic mass is 9.65. The molecule has 2 aliphatic rings. The number of fused-ring (bicyclic) bond motifs is 2. The number of aryl methyl sites for hydroxylation is 1. The SMILES string of the molecule is CNC(=O)Cc1ccccc1CC[C@@]1(O)CCC2=Cc3c(cnn3-c3ccc(F)cc3)CC21C. The highest BCUT2D eigenvalue weighted by atomic mass is 19.1. The van der Waals surface area contributed by atoms with Gasteiger partial charge in [-0.1, -0.05) is 36.8 Å². The Kier molecular flexibility index (Phi) is 5.64. The molecule has 2 aromatic carbocycles. The van der Waals surface area contributed by atoms with Crippen LogP contribution < -0.4 is 5.32 Å². The van der Waals surface area contributed by atoms with Crippen LogP contribution in [0.5, 0.6) is 0 Å². The second-order valence-electron chi connectivity index (χ2n) is 9.77. The van der Waals surface area contributed by atoms with E-state index in [1.165, 1.54) is 17.7 Å². The van der Waals surface area contributed by atoms with Gasteiger partial charge in [-0.25, -0.2) is 9.07 Å². The highest BCUT2D eigenvalue weighted by molar-refractivity contribution is 5.78. The first-order valence-corrected chi connectivity index (χ1v) is 11.9. The summed E-state index contributed by atoms with van der Waals surface area (Å²) < 4.78 is 15.2. The molecule has 1 fully saturated rings. The number of rotatable bonds is 6. The number of aromatic nitrogens is 2. The summed E-state index contributed by atoms with van der Waals surface area (Å²) in [5.41, 5.74) is 5.09. The third-order valence-electron chi connectivity index (χ3n) is 7.91. The molecule has 5 nitrogen and oxygen atoms in total. The van der Waals surface area contributed by atoms with Crippen LogP contribution in [0.3, 0.4) is 0 Å². The zero-order valence-electron chi connectivity index (χ0n) is 19.6. The Morgan fingerprint density at radius 3 is 2.65 bits per heavy atom. The molecule has 1 unspecified atom stereocenters. The van der Waals surface area contributed by atoms with Crippen molar-refractivity contribution in [2.45, 2.75) is 51.0 Å². The van der Waals surface area contributed by atoms with Gasteiger partial charge >= 0.3 is 0 Å². The average Bonchev–Trinajstić information content (AvgIpc) is 3.35. The molecule has 34 heavy (non-hydrogen) atoms. The Labute approximate surface area is 199 Å². The van der Waals surface area contributed by atoms with Gasteiger partial charge in [-0.05, 0) is 79.1 Å². The summed E-state index contributed by atoms with van der Waals surface area (Å²) in [7, 11) is 1.65. The monoisotopic (exact) mass is 459 g/mol. The highest BCUT2D eigenvalue weighted by Crippen LogP contribution is 2.56. The second kappa shape index (κ2) is 8.51. The maximum atomic E-state index is 13.4. The van der Waals surface area contributed by atoms with Crippen molar-refractivity contribution in [1.82, 2.24) is 15.1 Å². The molecule has 3 aromatic rings. The van der Waals surface area contributed by atoms with Crippen LogP contribution in [0.25, 0.3) is 11.8 Å². The molecule has 176 valence electrons. The van der Waals surface area contributed by atoms with Crippen molar-refractivity contribution in [3.05, 3.63) is 88.5 Å². The number of aliphatic hydroxyl groups is 1.